The summed E-state index contributed by atoms with van der Waals surface area (Å²) in [6.07, 6.45) is 0.0945. The molecule has 1 aromatic carbocycles. The molecule has 6 heteroatoms. The monoisotopic (exact) mass is 236 g/mol. The molecule has 1 aliphatic heterocycles. The van der Waals surface area contributed by atoms with Gasteiger partial charge in [0.1, 0.15) is 0 Å². The van der Waals surface area contributed by atoms with Crippen molar-refractivity contribution in [2.75, 3.05) is 11.4 Å². The van der Waals surface area contributed by atoms with Gasteiger partial charge in [-0.3, -0.25) is 14.9 Å². The number of nitrogens with zero attached hydrogens (tertiary/aromatic N) is 2. The number of nitro benzene ring substituents is 1. The fourth-order valence-electron chi connectivity index (χ4n) is 1.86. The molecule has 0 radical (unpaired) electrons. The Balaban J connectivity index is 2.22. The van der Waals surface area contributed by atoms with Gasteiger partial charge in [-0.25, -0.2) is 0 Å². The summed E-state index contributed by atoms with van der Waals surface area (Å²) in [5.41, 5.74) is 0.779. The van der Waals surface area contributed by atoms with Crippen LogP contribution < -0.4 is 4.90 Å². The molecule has 1 aromatic rings. The number of rotatable bonds is 3. The molecule has 17 heavy (non-hydrogen) atoms. The Morgan fingerprint density at radius 3 is 2.65 bits per heavy atom. The summed E-state index contributed by atoms with van der Waals surface area (Å²) in [5.74, 6) is 0. The third-order valence-electron chi connectivity index (χ3n) is 2.64. The van der Waals surface area contributed by atoms with E-state index in [1.165, 1.54) is 12.1 Å². The van der Waals surface area contributed by atoms with Gasteiger partial charge in [0.15, 0.2) is 12.5 Å². The number of benzene rings is 1. The molecule has 6 nitrogen and oxygen atoms in total. The molecule has 90 valence electrons. The molecule has 2 rings (SSSR count). The van der Waals surface area contributed by atoms with Crippen LogP contribution in [0.5, 0.6) is 0 Å². The summed E-state index contributed by atoms with van der Waals surface area (Å²) in [5, 5.41) is 10.5. The number of aldehydes is 1. The highest BCUT2D eigenvalue weighted by atomic mass is 16.6. The topological polar surface area (TPSA) is 72.7 Å². The number of hydrogen-bond donors (Lipinski definition) is 0. The van der Waals surface area contributed by atoms with Gasteiger partial charge in [-0.2, -0.15) is 0 Å². The molecule has 1 aliphatic rings. The molecule has 0 N–H and O–H groups in total. The minimum Gasteiger partial charge on any atom is -0.346 e. The number of carbonyl (C=O) groups excluding carboxylic acids is 1. The first-order chi connectivity index (χ1) is 8.11. The Bertz CT molecular complexity index is 432. The standard InChI is InChI=1S/C11H12N2O4/c1-8-6-12(11(7-14)17-8)9-2-4-10(5-3-9)13(15)16/h2-5,7-8,11H,6H2,1H3/t8-,11?/m0/s1. The Labute approximate surface area is 97.9 Å². The summed E-state index contributed by atoms with van der Waals surface area (Å²) in [6, 6.07) is 6.08. The fourth-order valence-corrected chi connectivity index (χ4v) is 1.86. The number of carbonyl (C=O) groups is 1. The van der Waals surface area contributed by atoms with Crippen molar-refractivity contribution in [3.63, 3.8) is 0 Å². The lowest BCUT2D eigenvalue weighted by Gasteiger charge is -2.20. The van der Waals surface area contributed by atoms with E-state index in [2.05, 4.69) is 0 Å². The average molecular weight is 236 g/mol. The minimum absolute atomic E-state index is 0.0274. The number of hydrogen-bond acceptors (Lipinski definition) is 5. The molecule has 2 atom stereocenters. The van der Waals surface area contributed by atoms with E-state index in [1.54, 1.807) is 17.0 Å². The molecule has 1 unspecified atom stereocenters. The van der Waals surface area contributed by atoms with Crippen molar-refractivity contribution in [1.82, 2.24) is 0 Å². The number of anilines is 1. The van der Waals surface area contributed by atoms with Gasteiger partial charge in [-0.1, -0.05) is 0 Å². The first-order valence-corrected chi connectivity index (χ1v) is 5.23. The summed E-state index contributed by atoms with van der Waals surface area (Å²) < 4.78 is 5.38. The molecule has 0 saturated carbocycles. The number of ether oxygens (including phenoxy) is 1. The zero-order chi connectivity index (χ0) is 12.4. The molecular formula is C11H12N2O4. The highest BCUT2D eigenvalue weighted by Crippen LogP contribution is 2.25. The summed E-state index contributed by atoms with van der Waals surface area (Å²) in [7, 11) is 0. The van der Waals surface area contributed by atoms with Gasteiger partial charge < -0.3 is 9.64 Å². The predicted octanol–water partition coefficient (Wildman–Crippen LogP) is 1.34. The normalized spacial score (nSPS) is 23.7. The maximum Gasteiger partial charge on any atom is 0.269 e. The largest absolute Gasteiger partial charge is 0.346 e. The van der Waals surface area contributed by atoms with Crippen LogP contribution in [0.3, 0.4) is 0 Å². The van der Waals surface area contributed by atoms with Gasteiger partial charge in [0.05, 0.1) is 11.0 Å². The zero-order valence-electron chi connectivity index (χ0n) is 9.28. The second kappa shape index (κ2) is 4.50. The molecule has 1 saturated heterocycles. The van der Waals surface area contributed by atoms with E-state index in [4.69, 9.17) is 4.74 Å². The Morgan fingerprint density at radius 1 is 1.47 bits per heavy atom. The summed E-state index contributed by atoms with van der Waals surface area (Å²) >= 11 is 0. The van der Waals surface area contributed by atoms with E-state index in [-0.39, 0.29) is 11.8 Å². The smallest absolute Gasteiger partial charge is 0.269 e. The van der Waals surface area contributed by atoms with Crippen LogP contribution >= 0.6 is 0 Å². The van der Waals surface area contributed by atoms with E-state index >= 15 is 0 Å². The number of nitro groups is 1. The van der Waals surface area contributed by atoms with Crippen LogP contribution in [0, 0.1) is 10.1 Å². The lowest BCUT2D eigenvalue weighted by atomic mass is 10.2. The van der Waals surface area contributed by atoms with Crippen LogP contribution in [0.15, 0.2) is 24.3 Å². The molecule has 0 aromatic heterocycles. The molecule has 1 heterocycles. The predicted molar refractivity (Wildman–Crippen MR) is 60.8 cm³/mol. The molecule has 0 bridgehead atoms. The van der Waals surface area contributed by atoms with Crippen LogP contribution in [-0.4, -0.2) is 30.1 Å². The van der Waals surface area contributed by atoms with Crippen molar-refractivity contribution in [2.45, 2.75) is 19.3 Å². The van der Waals surface area contributed by atoms with Gasteiger partial charge in [0, 0.05) is 24.4 Å². The van der Waals surface area contributed by atoms with Gasteiger partial charge in [0.25, 0.3) is 5.69 Å². The second-order valence-electron chi connectivity index (χ2n) is 3.90. The van der Waals surface area contributed by atoms with Crippen molar-refractivity contribution >= 4 is 17.7 Å². The average Bonchev–Trinajstić information content (AvgIpc) is 2.70. The second-order valence-corrected chi connectivity index (χ2v) is 3.90. The van der Waals surface area contributed by atoms with Crippen molar-refractivity contribution in [1.29, 1.82) is 0 Å². The van der Waals surface area contributed by atoms with E-state index in [0.29, 0.717) is 6.54 Å². The Hall–Kier alpha value is -1.95. The summed E-state index contributed by atoms with van der Waals surface area (Å²) in [6.45, 7) is 2.48. The summed E-state index contributed by atoms with van der Waals surface area (Å²) in [4.78, 5) is 22.7. The highest BCUT2D eigenvalue weighted by Gasteiger charge is 2.30. The lowest BCUT2D eigenvalue weighted by molar-refractivity contribution is -0.384. The first-order valence-electron chi connectivity index (χ1n) is 5.23. The van der Waals surface area contributed by atoms with Crippen molar-refractivity contribution < 1.29 is 14.5 Å². The molecule has 0 amide bonds. The Morgan fingerprint density at radius 2 is 2.12 bits per heavy atom. The van der Waals surface area contributed by atoms with E-state index in [0.717, 1.165) is 12.0 Å². The number of non-ortho nitro benzene ring substituents is 1. The third kappa shape index (κ3) is 2.26. The lowest BCUT2D eigenvalue weighted by Crippen LogP contribution is -2.31. The molecular weight excluding hydrogens is 224 g/mol. The van der Waals surface area contributed by atoms with E-state index in [9.17, 15) is 14.9 Å². The maximum atomic E-state index is 10.8. The van der Waals surface area contributed by atoms with Crippen LogP contribution in [-0.2, 0) is 9.53 Å². The molecule has 0 aliphatic carbocycles. The van der Waals surface area contributed by atoms with Crippen LogP contribution in [0.1, 0.15) is 6.92 Å². The maximum absolute atomic E-state index is 10.8. The van der Waals surface area contributed by atoms with Gasteiger partial charge in [-0.05, 0) is 19.1 Å². The van der Waals surface area contributed by atoms with E-state index in [1.807, 2.05) is 6.92 Å². The SMILES string of the molecule is C[C@H]1CN(c2ccc([N+](=O)[O-])cc2)C(C=O)O1. The van der Waals surface area contributed by atoms with Crippen LogP contribution in [0.4, 0.5) is 11.4 Å². The van der Waals surface area contributed by atoms with E-state index < -0.39 is 11.2 Å². The van der Waals surface area contributed by atoms with Gasteiger partial charge >= 0.3 is 0 Å². The van der Waals surface area contributed by atoms with Crippen molar-refractivity contribution in [3.05, 3.63) is 34.4 Å². The van der Waals surface area contributed by atoms with Crippen LogP contribution in [0.25, 0.3) is 0 Å². The van der Waals surface area contributed by atoms with Crippen LogP contribution in [0.2, 0.25) is 0 Å². The molecule has 0 spiro atoms. The van der Waals surface area contributed by atoms with Gasteiger partial charge in [0.2, 0.25) is 0 Å². The van der Waals surface area contributed by atoms with Crippen molar-refractivity contribution in [3.8, 4) is 0 Å². The van der Waals surface area contributed by atoms with Crippen molar-refractivity contribution in [2.24, 2.45) is 0 Å². The minimum atomic E-state index is -0.605. The quantitative estimate of drug-likeness (QED) is 0.450. The zero-order valence-corrected chi connectivity index (χ0v) is 9.28. The Kier molecular flexibility index (Phi) is 3.06. The first kappa shape index (κ1) is 11.5. The third-order valence-corrected chi connectivity index (χ3v) is 2.64. The fraction of sp³-hybridized carbons (Fsp3) is 0.364. The van der Waals surface area contributed by atoms with Gasteiger partial charge in [-0.15, -0.1) is 0 Å². The highest BCUT2D eigenvalue weighted by molar-refractivity contribution is 5.66. The molecule has 1 fully saturated rings.